The summed E-state index contributed by atoms with van der Waals surface area (Å²) in [5.74, 6) is 0.0493. The van der Waals surface area contributed by atoms with Crippen molar-refractivity contribution in [2.45, 2.75) is 26.7 Å². The standard InChI is InChI=1S/C22H19BrINO5/c1-4-5-19(26)29-20-15(23)8-13(10-18(20)28-3)9-17-22(27)30-21(25-17)14-7-6-12(2)16(24)11-14/h6-11H,4-5H2,1-3H3. The molecule has 3 rings (SSSR count). The van der Waals surface area contributed by atoms with E-state index in [2.05, 4.69) is 43.5 Å². The van der Waals surface area contributed by atoms with Gasteiger partial charge < -0.3 is 14.2 Å². The molecule has 0 N–H and O–H groups in total. The second kappa shape index (κ2) is 9.74. The van der Waals surface area contributed by atoms with Crippen molar-refractivity contribution in [2.75, 3.05) is 7.11 Å². The Morgan fingerprint density at radius 1 is 1.30 bits per heavy atom. The largest absolute Gasteiger partial charge is 0.493 e. The van der Waals surface area contributed by atoms with Crippen molar-refractivity contribution >= 4 is 62.4 Å². The zero-order valence-electron chi connectivity index (χ0n) is 16.6. The van der Waals surface area contributed by atoms with E-state index in [4.69, 9.17) is 14.2 Å². The van der Waals surface area contributed by atoms with Gasteiger partial charge in [-0.25, -0.2) is 9.79 Å². The molecule has 2 aromatic rings. The number of esters is 2. The van der Waals surface area contributed by atoms with Crippen LogP contribution in [0.15, 0.2) is 45.5 Å². The molecule has 0 atom stereocenters. The third-order valence-electron chi connectivity index (χ3n) is 4.26. The molecule has 0 radical (unpaired) electrons. The molecule has 0 aromatic heterocycles. The average Bonchev–Trinajstić information content (AvgIpc) is 3.06. The number of methoxy groups -OCH3 is 1. The highest BCUT2D eigenvalue weighted by atomic mass is 127. The van der Waals surface area contributed by atoms with Crippen molar-refractivity contribution in [1.82, 2.24) is 0 Å². The third kappa shape index (κ3) is 5.10. The SMILES string of the molecule is CCCC(=O)Oc1c(Br)cc(C=C2N=C(c3ccc(C)c(I)c3)OC2=O)cc1OC. The summed E-state index contributed by atoms with van der Waals surface area (Å²) >= 11 is 5.63. The van der Waals surface area contributed by atoms with Crippen LogP contribution in [0.2, 0.25) is 0 Å². The molecule has 1 heterocycles. The van der Waals surface area contributed by atoms with Crippen LogP contribution >= 0.6 is 38.5 Å². The zero-order chi connectivity index (χ0) is 21.8. The Kier molecular flexibility index (Phi) is 7.30. The van der Waals surface area contributed by atoms with Crippen LogP contribution in [0, 0.1) is 10.5 Å². The highest BCUT2D eigenvalue weighted by Crippen LogP contribution is 2.38. The van der Waals surface area contributed by atoms with Crippen LogP contribution in [0.1, 0.15) is 36.5 Å². The monoisotopic (exact) mass is 583 g/mol. The number of carbonyl (C=O) groups is 2. The lowest BCUT2D eigenvalue weighted by Gasteiger charge is -2.12. The van der Waals surface area contributed by atoms with Gasteiger partial charge in [-0.05, 0) is 93.3 Å². The van der Waals surface area contributed by atoms with E-state index in [1.165, 1.54) is 7.11 Å². The number of hydrogen-bond acceptors (Lipinski definition) is 6. The van der Waals surface area contributed by atoms with Gasteiger partial charge in [-0.2, -0.15) is 0 Å². The number of cyclic esters (lactones) is 1. The number of halogens is 2. The van der Waals surface area contributed by atoms with Gasteiger partial charge in [0.1, 0.15) is 0 Å². The summed E-state index contributed by atoms with van der Waals surface area (Å²) in [6.45, 7) is 3.91. The fraction of sp³-hybridized carbons (Fsp3) is 0.227. The second-order valence-corrected chi connectivity index (χ2v) is 8.57. The molecule has 30 heavy (non-hydrogen) atoms. The molecule has 2 aromatic carbocycles. The van der Waals surface area contributed by atoms with Gasteiger partial charge in [0.2, 0.25) is 5.90 Å². The predicted molar refractivity (Wildman–Crippen MR) is 126 cm³/mol. The van der Waals surface area contributed by atoms with Crippen LogP contribution in [-0.2, 0) is 14.3 Å². The summed E-state index contributed by atoms with van der Waals surface area (Å²) in [7, 11) is 1.48. The molecular weight excluding hydrogens is 565 g/mol. The first-order valence-electron chi connectivity index (χ1n) is 9.19. The average molecular weight is 584 g/mol. The molecule has 0 spiro atoms. The Hall–Kier alpha value is -2.20. The molecule has 0 fully saturated rings. The summed E-state index contributed by atoms with van der Waals surface area (Å²) in [4.78, 5) is 28.5. The molecule has 6 nitrogen and oxygen atoms in total. The van der Waals surface area contributed by atoms with Crippen molar-refractivity contribution in [2.24, 2.45) is 4.99 Å². The first-order valence-corrected chi connectivity index (χ1v) is 11.1. The normalized spacial score (nSPS) is 14.5. The first-order chi connectivity index (χ1) is 14.3. The zero-order valence-corrected chi connectivity index (χ0v) is 20.4. The molecule has 0 saturated heterocycles. The highest BCUT2D eigenvalue weighted by Gasteiger charge is 2.25. The van der Waals surface area contributed by atoms with Crippen LogP contribution in [0.3, 0.4) is 0 Å². The van der Waals surface area contributed by atoms with Crippen molar-refractivity contribution in [1.29, 1.82) is 0 Å². The van der Waals surface area contributed by atoms with Gasteiger partial charge >= 0.3 is 11.9 Å². The summed E-state index contributed by atoms with van der Waals surface area (Å²) in [6.07, 6.45) is 2.59. The number of benzene rings is 2. The maximum absolute atomic E-state index is 12.3. The Labute approximate surface area is 196 Å². The van der Waals surface area contributed by atoms with Crippen molar-refractivity contribution in [3.63, 3.8) is 0 Å². The summed E-state index contributed by atoms with van der Waals surface area (Å²) < 4.78 is 17.7. The maximum atomic E-state index is 12.3. The molecule has 156 valence electrons. The van der Waals surface area contributed by atoms with E-state index >= 15 is 0 Å². The Morgan fingerprint density at radius 2 is 2.07 bits per heavy atom. The Bertz CT molecular complexity index is 1080. The number of carbonyl (C=O) groups excluding carboxylic acids is 2. The predicted octanol–water partition coefficient (Wildman–Crippen LogP) is 5.42. The van der Waals surface area contributed by atoms with E-state index in [9.17, 15) is 9.59 Å². The molecule has 0 aliphatic carbocycles. The van der Waals surface area contributed by atoms with E-state index in [0.717, 1.165) is 14.7 Å². The van der Waals surface area contributed by atoms with Gasteiger partial charge in [-0.1, -0.05) is 13.0 Å². The molecule has 0 bridgehead atoms. The number of rotatable bonds is 6. The fourth-order valence-corrected chi connectivity index (χ4v) is 3.76. The molecule has 1 aliphatic rings. The van der Waals surface area contributed by atoms with Gasteiger partial charge in [0.15, 0.2) is 17.2 Å². The lowest BCUT2D eigenvalue weighted by atomic mass is 10.1. The van der Waals surface area contributed by atoms with Gasteiger partial charge in [0.25, 0.3) is 0 Å². The molecule has 0 unspecified atom stereocenters. The summed E-state index contributed by atoms with van der Waals surface area (Å²) in [5, 5.41) is 0. The molecular formula is C22H19BrINO5. The fourth-order valence-electron chi connectivity index (χ4n) is 2.71. The minimum atomic E-state index is -0.533. The van der Waals surface area contributed by atoms with Crippen molar-refractivity contribution < 1.29 is 23.8 Å². The Balaban J connectivity index is 1.92. The Morgan fingerprint density at radius 3 is 2.73 bits per heavy atom. The number of nitrogens with zero attached hydrogens (tertiary/aromatic N) is 1. The second-order valence-electron chi connectivity index (χ2n) is 6.56. The molecule has 1 aliphatic heterocycles. The van der Waals surface area contributed by atoms with Crippen LogP contribution in [-0.4, -0.2) is 24.9 Å². The van der Waals surface area contributed by atoms with Crippen LogP contribution in [0.5, 0.6) is 11.5 Å². The maximum Gasteiger partial charge on any atom is 0.363 e. The van der Waals surface area contributed by atoms with Crippen LogP contribution in [0.4, 0.5) is 0 Å². The van der Waals surface area contributed by atoms with Gasteiger partial charge in [-0.3, -0.25) is 4.79 Å². The van der Waals surface area contributed by atoms with Crippen LogP contribution < -0.4 is 9.47 Å². The van der Waals surface area contributed by atoms with E-state index in [-0.39, 0.29) is 17.6 Å². The van der Waals surface area contributed by atoms with E-state index in [0.29, 0.717) is 34.4 Å². The number of hydrogen-bond donors (Lipinski definition) is 0. The summed E-state index contributed by atoms with van der Waals surface area (Å²) in [6, 6.07) is 9.13. The third-order valence-corrected chi connectivity index (χ3v) is 6.02. The number of aliphatic imine (C=N–C) groups is 1. The molecule has 0 amide bonds. The number of ether oxygens (including phenoxy) is 3. The van der Waals surface area contributed by atoms with Crippen molar-refractivity contribution in [3.05, 3.63) is 60.8 Å². The lowest BCUT2D eigenvalue weighted by molar-refractivity contribution is -0.134. The van der Waals surface area contributed by atoms with E-state index < -0.39 is 5.97 Å². The van der Waals surface area contributed by atoms with Gasteiger partial charge in [-0.15, -0.1) is 0 Å². The van der Waals surface area contributed by atoms with Gasteiger partial charge in [0, 0.05) is 15.6 Å². The van der Waals surface area contributed by atoms with Gasteiger partial charge in [0.05, 0.1) is 11.6 Å². The van der Waals surface area contributed by atoms with Crippen LogP contribution in [0.25, 0.3) is 6.08 Å². The number of aryl methyl sites for hydroxylation is 1. The smallest absolute Gasteiger partial charge is 0.363 e. The van der Waals surface area contributed by atoms with E-state index in [1.54, 1.807) is 18.2 Å². The lowest BCUT2D eigenvalue weighted by Crippen LogP contribution is -2.08. The summed E-state index contributed by atoms with van der Waals surface area (Å²) in [5.41, 5.74) is 2.69. The minimum Gasteiger partial charge on any atom is -0.493 e. The first kappa shape index (κ1) is 22.5. The topological polar surface area (TPSA) is 74.2 Å². The molecule has 8 heteroatoms. The quantitative estimate of drug-likeness (QED) is 0.196. The minimum absolute atomic E-state index is 0.172. The molecule has 0 saturated carbocycles. The van der Waals surface area contributed by atoms with E-state index in [1.807, 2.05) is 32.0 Å². The van der Waals surface area contributed by atoms with Crippen molar-refractivity contribution in [3.8, 4) is 11.5 Å². The highest BCUT2D eigenvalue weighted by molar-refractivity contribution is 14.1.